The molecule has 0 spiro atoms. The van der Waals surface area contributed by atoms with Gasteiger partial charge in [0.1, 0.15) is 18.1 Å². The third-order valence-electron chi connectivity index (χ3n) is 5.39. The third kappa shape index (κ3) is 6.16. The summed E-state index contributed by atoms with van der Waals surface area (Å²) in [5.74, 6) is -1.89. The zero-order valence-corrected chi connectivity index (χ0v) is 20.6. The van der Waals surface area contributed by atoms with Crippen LogP contribution < -0.4 is 10.6 Å². The van der Waals surface area contributed by atoms with E-state index in [4.69, 9.17) is 16.7 Å². The first-order chi connectivity index (χ1) is 17.0. The van der Waals surface area contributed by atoms with E-state index in [-0.39, 0.29) is 53.4 Å². The molecule has 1 heterocycles. The van der Waals surface area contributed by atoms with Gasteiger partial charge in [0.2, 0.25) is 11.8 Å². The molecule has 0 saturated carbocycles. The summed E-state index contributed by atoms with van der Waals surface area (Å²) in [6.07, 6.45) is -1.26. The van der Waals surface area contributed by atoms with Crippen molar-refractivity contribution in [3.8, 4) is 0 Å². The maximum atomic E-state index is 14.1. The second-order valence-electron chi connectivity index (χ2n) is 8.33. The molecule has 3 aromatic rings. The number of ketones is 1. The average Bonchev–Trinajstić information content (AvgIpc) is 3.15. The lowest BCUT2D eigenvalue weighted by Gasteiger charge is -2.26. The highest BCUT2D eigenvalue weighted by atomic mass is 35.5. The van der Waals surface area contributed by atoms with Crippen molar-refractivity contribution < 1.29 is 28.7 Å². The van der Waals surface area contributed by atoms with Gasteiger partial charge in [0, 0.05) is 36.1 Å². The second-order valence-corrected chi connectivity index (χ2v) is 8.74. The van der Waals surface area contributed by atoms with E-state index in [1.807, 2.05) is 0 Å². The lowest BCUT2D eigenvalue weighted by Crippen LogP contribution is -2.45. The number of amides is 3. The number of Topliss-reactive ketones (excluding diaryl/α,β-unsaturated/α-hetero) is 1. The van der Waals surface area contributed by atoms with Crippen LogP contribution in [0.2, 0.25) is 5.02 Å². The van der Waals surface area contributed by atoms with Gasteiger partial charge in [-0.05, 0) is 38.1 Å². The molecule has 3 rings (SSSR count). The quantitative estimate of drug-likeness (QED) is 0.371. The van der Waals surface area contributed by atoms with Crippen LogP contribution in [0.4, 0.5) is 14.9 Å². The van der Waals surface area contributed by atoms with Crippen LogP contribution in [0.5, 0.6) is 0 Å². The van der Waals surface area contributed by atoms with E-state index in [0.29, 0.717) is 10.9 Å². The average molecular weight is 518 g/mol. The monoisotopic (exact) mass is 517 g/mol. The van der Waals surface area contributed by atoms with Crippen LogP contribution in [0, 0.1) is 5.82 Å². The Bertz CT molecular complexity index is 1340. The minimum absolute atomic E-state index is 0.0528. The van der Waals surface area contributed by atoms with E-state index in [9.17, 15) is 23.6 Å². The number of nitrogens with zero attached hydrogens (tertiary/aromatic N) is 3. The first-order valence-corrected chi connectivity index (χ1v) is 11.4. The Kier molecular flexibility index (Phi) is 8.25. The van der Waals surface area contributed by atoms with Crippen molar-refractivity contribution in [3.63, 3.8) is 0 Å². The summed E-state index contributed by atoms with van der Waals surface area (Å²) >= 11 is 5.77. The van der Waals surface area contributed by atoms with Gasteiger partial charge in [-0.15, -0.1) is 0 Å². The zero-order valence-electron chi connectivity index (χ0n) is 19.8. The van der Waals surface area contributed by atoms with E-state index in [1.165, 1.54) is 40.8 Å². The number of carbonyl (C=O) groups is 4. The number of nitrogens with one attached hydrogen (secondary N) is 2. The van der Waals surface area contributed by atoms with Gasteiger partial charge in [0.25, 0.3) is 0 Å². The number of carboxylic acid groups (broad SMARTS) is 1. The van der Waals surface area contributed by atoms with Crippen LogP contribution in [0.3, 0.4) is 0 Å². The minimum atomic E-state index is -1.26. The lowest BCUT2D eigenvalue weighted by atomic mass is 10.1. The SMILES string of the molecule is CC(=O)c1nn(CC(=O)N(CC(=O)NCc2cccc(Cl)c2F)C(C)C)c2ccc(NC(=O)O)cc12. The Balaban J connectivity index is 1.77. The van der Waals surface area contributed by atoms with E-state index in [2.05, 4.69) is 15.7 Å². The number of hydrogen-bond acceptors (Lipinski definition) is 5. The fourth-order valence-electron chi connectivity index (χ4n) is 3.63. The van der Waals surface area contributed by atoms with E-state index in [0.717, 1.165) is 0 Å². The molecule has 12 heteroatoms. The second kappa shape index (κ2) is 11.2. The van der Waals surface area contributed by atoms with E-state index in [1.54, 1.807) is 26.0 Å². The van der Waals surface area contributed by atoms with Crippen LogP contribution in [-0.2, 0) is 22.7 Å². The summed E-state index contributed by atoms with van der Waals surface area (Å²) in [6.45, 7) is 4.18. The number of halogens is 2. The van der Waals surface area contributed by atoms with Gasteiger partial charge >= 0.3 is 6.09 Å². The predicted octanol–water partition coefficient (Wildman–Crippen LogP) is 3.67. The highest BCUT2D eigenvalue weighted by molar-refractivity contribution is 6.30. The standard InChI is InChI=1S/C24H25ClFN5O5/c1-13(2)30(11-20(33)27-10-15-5-4-6-18(25)22(15)26)21(34)12-31-19-8-7-16(28-24(35)36)9-17(19)23(29-31)14(3)32/h4-9,13,28H,10-12H2,1-3H3,(H,27,33)(H,35,36). The molecule has 0 fully saturated rings. The first kappa shape index (κ1) is 26.6. The summed E-state index contributed by atoms with van der Waals surface area (Å²) in [5, 5.41) is 18.3. The molecular weight excluding hydrogens is 493 g/mol. The Morgan fingerprint density at radius 2 is 1.92 bits per heavy atom. The molecule has 0 aliphatic carbocycles. The summed E-state index contributed by atoms with van der Waals surface area (Å²) < 4.78 is 15.4. The van der Waals surface area contributed by atoms with Crippen molar-refractivity contribution in [2.24, 2.45) is 0 Å². The van der Waals surface area contributed by atoms with Crippen molar-refractivity contribution >= 4 is 51.9 Å². The molecule has 0 bridgehead atoms. The number of benzene rings is 2. The fraction of sp³-hybridized carbons (Fsp3) is 0.292. The van der Waals surface area contributed by atoms with Crippen LogP contribution in [0.1, 0.15) is 36.8 Å². The van der Waals surface area contributed by atoms with Gasteiger partial charge in [-0.25, -0.2) is 9.18 Å². The smallest absolute Gasteiger partial charge is 0.409 e. The molecule has 0 aliphatic rings. The molecule has 0 atom stereocenters. The van der Waals surface area contributed by atoms with Gasteiger partial charge in [-0.3, -0.25) is 24.4 Å². The molecule has 0 radical (unpaired) electrons. The molecule has 1 aromatic heterocycles. The molecule has 3 amide bonds. The minimum Gasteiger partial charge on any atom is -0.465 e. The molecule has 3 N–H and O–H groups in total. The maximum absolute atomic E-state index is 14.1. The topological polar surface area (TPSA) is 134 Å². The predicted molar refractivity (Wildman–Crippen MR) is 131 cm³/mol. The Labute approximate surface area is 211 Å². The lowest BCUT2D eigenvalue weighted by molar-refractivity contribution is -0.138. The Morgan fingerprint density at radius 1 is 1.19 bits per heavy atom. The largest absolute Gasteiger partial charge is 0.465 e. The van der Waals surface area contributed by atoms with Crippen LogP contribution in [0.15, 0.2) is 36.4 Å². The molecule has 36 heavy (non-hydrogen) atoms. The van der Waals surface area contributed by atoms with Gasteiger partial charge in [0.05, 0.1) is 17.1 Å². The number of aromatic nitrogens is 2. The van der Waals surface area contributed by atoms with Gasteiger partial charge in [-0.2, -0.15) is 5.10 Å². The highest BCUT2D eigenvalue weighted by Crippen LogP contribution is 2.24. The Hall–Kier alpha value is -3.99. The van der Waals surface area contributed by atoms with Crippen LogP contribution in [-0.4, -0.2) is 56.1 Å². The zero-order chi connectivity index (χ0) is 26.6. The normalized spacial score (nSPS) is 10.9. The fourth-order valence-corrected chi connectivity index (χ4v) is 3.82. The number of hydrogen-bond donors (Lipinski definition) is 3. The number of carbonyl (C=O) groups excluding carboxylic acids is 3. The summed E-state index contributed by atoms with van der Waals surface area (Å²) in [7, 11) is 0. The van der Waals surface area contributed by atoms with E-state index < -0.39 is 23.7 Å². The number of fused-ring (bicyclic) bond motifs is 1. The summed E-state index contributed by atoms with van der Waals surface area (Å²) in [6, 6.07) is 8.65. The van der Waals surface area contributed by atoms with Crippen LogP contribution in [0.25, 0.3) is 10.9 Å². The molecule has 2 aromatic carbocycles. The maximum Gasteiger partial charge on any atom is 0.409 e. The summed E-state index contributed by atoms with van der Waals surface area (Å²) in [5.41, 5.74) is 1.01. The summed E-state index contributed by atoms with van der Waals surface area (Å²) in [4.78, 5) is 50.1. The number of anilines is 1. The van der Waals surface area contributed by atoms with Crippen molar-refractivity contribution in [2.75, 3.05) is 11.9 Å². The Morgan fingerprint density at radius 3 is 2.56 bits per heavy atom. The van der Waals surface area contributed by atoms with E-state index >= 15 is 0 Å². The molecule has 0 saturated heterocycles. The van der Waals surface area contributed by atoms with Crippen molar-refractivity contribution in [1.29, 1.82) is 0 Å². The van der Waals surface area contributed by atoms with Gasteiger partial charge in [0.15, 0.2) is 5.78 Å². The van der Waals surface area contributed by atoms with Crippen LogP contribution >= 0.6 is 11.6 Å². The van der Waals surface area contributed by atoms with Gasteiger partial charge < -0.3 is 15.3 Å². The van der Waals surface area contributed by atoms with Crippen molar-refractivity contribution in [2.45, 2.75) is 39.9 Å². The molecule has 10 nitrogen and oxygen atoms in total. The third-order valence-corrected chi connectivity index (χ3v) is 5.68. The molecule has 0 unspecified atom stereocenters. The molecule has 0 aliphatic heterocycles. The molecule has 190 valence electrons. The van der Waals surface area contributed by atoms with Crippen molar-refractivity contribution in [3.05, 3.63) is 58.5 Å². The van der Waals surface area contributed by atoms with Crippen molar-refractivity contribution in [1.82, 2.24) is 20.0 Å². The number of rotatable bonds is 9. The highest BCUT2D eigenvalue weighted by Gasteiger charge is 2.23. The van der Waals surface area contributed by atoms with Gasteiger partial charge in [-0.1, -0.05) is 23.7 Å². The first-order valence-electron chi connectivity index (χ1n) is 11.0. The molecular formula is C24H25ClFN5O5.